The molecule has 0 aliphatic rings. The van der Waals surface area contributed by atoms with Crippen LogP contribution in [0.1, 0.15) is 51.8 Å². The fraction of sp³-hybridized carbons (Fsp3) is 0.207. The summed E-state index contributed by atoms with van der Waals surface area (Å²) in [5.41, 5.74) is 2.89. The largest absolute Gasteiger partial charge is 0.489 e. The van der Waals surface area contributed by atoms with Gasteiger partial charge in [-0.25, -0.2) is 4.79 Å². The molecule has 10 heteroatoms. The normalized spacial score (nSPS) is 11.0. The number of halogens is 3. The molecule has 0 aliphatic heterocycles. The van der Waals surface area contributed by atoms with Gasteiger partial charge in [0.25, 0.3) is 5.91 Å². The van der Waals surface area contributed by atoms with Gasteiger partial charge in [0.2, 0.25) is 0 Å². The Morgan fingerprint density at radius 1 is 0.974 bits per heavy atom. The van der Waals surface area contributed by atoms with E-state index in [1.807, 2.05) is 13.8 Å². The summed E-state index contributed by atoms with van der Waals surface area (Å²) in [6.07, 6.45) is 0. The zero-order valence-corrected chi connectivity index (χ0v) is 23.9. The van der Waals surface area contributed by atoms with Crippen molar-refractivity contribution < 1.29 is 23.6 Å². The van der Waals surface area contributed by atoms with Crippen molar-refractivity contribution in [2.24, 2.45) is 0 Å². The van der Waals surface area contributed by atoms with E-state index in [0.29, 0.717) is 49.6 Å². The molecule has 1 heterocycles. The van der Waals surface area contributed by atoms with Crippen LogP contribution < -0.4 is 9.64 Å². The lowest BCUT2D eigenvalue weighted by molar-refractivity contribution is 0.0600. The van der Waals surface area contributed by atoms with Gasteiger partial charge in [0, 0.05) is 24.2 Å². The molecule has 202 valence electrons. The van der Waals surface area contributed by atoms with E-state index in [2.05, 4.69) is 5.16 Å². The summed E-state index contributed by atoms with van der Waals surface area (Å²) in [4.78, 5) is 26.5. The van der Waals surface area contributed by atoms with E-state index in [1.54, 1.807) is 67.7 Å². The van der Waals surface area contributed by atoms with Crippen LogP contribution in [0, 0.1) is 0 Å². The van der Waals surface area contributed by atoms with Gasteiger partial charge in [0.1, 0.15) is 23.8 Å². The van der Waals surface area contributed by atoms with Crippen molar-refractivity contribution in [1.29, 1.82) is 0 Å². The van der Waals surface area contributed by atoms with Crippen LogP contribution in [0.3, 0.4) is 0 Å². The van der Waals surface area contributed by atoms with Crippen LogP contribution in [-0.2, 0) is 11.3 Å². The number of aromatic nitrogens is 1. The minimum Gasteiger partial charge on any atom is -0.489 e. The number of nitrogens with zero attached hydrogens (tertiary/aromatic N) is 2. The van der Waals surface area contributed by atoms with E-state index in [0.717, 1.165) is 0 Å². The lowest BCUT2D eigenvalue weighted by Gasteiger charge is -2.19. The quantitative estimate of drug-likeness (QED) is 0.194. The van der Waals surface area contributed by atoms with Gasteiger partial charge in [0.05, 0.1) is 38.9 Å². The maximum atomic E-state index is 13.2. The van der Waals surface area contributed by atoms with Gasteiger partial charge in [0.15, 0.2) is 0 Å². The van der Waals surface area contributed by atoms with Crippen LogP contribution in [0.5, 0.6) is 5.75 Å². The number of carbonyl (C=O) groups is 2. The number of hydrogen-bond donors (Lipinski definition) is 0. The van der Waals surface area contributed by atoms with Crippen molar-refractivity contribution in [3.8, 4) is 17.0 Å². The summed E-state index contributed by atoms with van der Waals surface area (Å²) >= 11 is 19.4. The smallest absolute Gasteiger partial charge is 0.337 e. The Morgan fingerprint density at radius 3 is 2.31 bits per heavy atom. The molecule has 0 saturated heterocycles. The molecule has 4 rings (SSSR count). The molecule has 7 nitrogen and oxygen atoms in total. The number of methoxy groups -OCH3 is 1. The predicted molar refractivity (Wildman–Crippen MR) is 152 cm³/mol. The number of hydrogen-bond acceptors (Lipinski definition) is 6. The first kappa shape index (κ1) is 28.5. The first-order chi connectivity index (χ1) is 18.6. The molecule has 39 heavy (non-hydrogen) atoms. The van der Waals surface area contributed by atoms with E-state index < -0.39 is 5.97 Å². The molecule has 0 unspecified atom stereocenters. The third-order valence-electron chi connectivity index (χ3n) is 6.06. The number of carbonyl (C=O) groups excluding carboxylic acids is 2. The highest BCUT2D eigenvalue weighted by atomic mass is 35.5. The molecule has 4 aromatic rings. The van der Waals surface area contributed by atoms with E-state index in [-0.39, 0.29) is 29.0 Å². The van der Waals surface area contributed by atoms with Gasteiger partial charge < -0.3 is 18.9 Å². The third kappa shape index (κ3) is 6.06. The zero-order valence-electron chi connectivity index (χ0n) is 21.6. The van der Waals surface area contributed by atoms with Crippen molar-refractivity contribution in [3.05, 3.63) is 98.2 Å². The minimum atomic E-state index is -0.495. The Hall–Kier alpha value is -3.52. The number of rotatable bonds is 8. The van der Waals surface area contributed by atoms with Crippen molar-refractivity contribution >= 4 is 52.4 Å². The van der Waals surface area contributed by atoms with Gasteiger partial charge in [-0.3, -0.25) is 4.79 Å². The summed E-state index contributed by atoms with van der Waals surface area (Å²) < 4.78 is 16.4. The summed E-state index contributed by atoms with van der Waals surface area (Å²) in [5.74, 6) is 0.271. The topological polar surface area (TPSA) is 81.9 Å². The number of anilines is 1. The molecule has 0 saturated carbocycles. The number of ether oxygens (including phenoxy) is 2. The van der Waals surface area contributed by atoms with E-state index in [4.69, 9.17) is 48.8 Å². The van der Waals surface area contributed by atoms with E-state index >= 15 is 0 Å². The molecule has 0 fully saturated rings. The number of esters is 1. The first-order valence-corrected chi connectivity index (χ1v) is 13.1. The molecule has 1 aromatic heterocycles. The summed E-state index contributed by atoms with van der Waals surface area (Å²) in [6, 6.07) is 16.6. The lowest BCUT2D eigenvalue weighted by Crippen LogP contribution is -2.26. The van der Waals surface area contributed by atoms with Crippen molar-refractivity contribution in [2.75, 3.05) is 19.1 Å². The molecular formula is C29H25Cl3N2O5. The Bertz CT molecular complexity index is 1510. The first-order valence-electron chi connectivity index (χ1n) is 11.9. The average Bonchev–Trinajstić information content (AvgIpc) is 3.34. The van der Waals surface area contributed by atoms with Gasteiger partial charge in [-0.05, 0) is 48.5 Å². The fourth-order valence-corrected chi connectivity index (χ4v) is 4.84. The van der Waals surface area contributed by atoms with Crippen LogP contribution in [0.25, 0.3) is 11.3 Å². The van der Waals surface area contributed by atoms with Crippen molar-refractivity contribution in [1.82, 2.24) is 5.16 Å². The zero-order chi connectivity index (χ0) is 28.3. The SMILES string of the molecule is COC(=O)c1cccc(N(C)C(=O)c2ccc(OCc3c(-c4c(Cl)cccc4Cl)noc3C(C)C)cc2Cl)c1. The second-order valence-electron chi connectivity index (χ2n) is 8.96. The molecule has 0 atom stereocenters. The maximum absolute atomic E-state index is 13.2. The van der Waals surface area contributed by atoms with Gasteiger partial charge in [-0.15, -0.1) is 0 Å². The average molecular weight is 588 g/mol. The molecule has 0 bridgehead atoms. The Labute approximate surface area is 241 Å². The molecular weight excluding hydrogens is 563 g/mol. The molecule has 1 amide bonds. The molecule has 0 N–H and O–H groups in total. The molecule has 0 spiro atoms. The number of amides is 1. The van der Waals surface area contributed by atoms with Crippen LogP contribution in [0.15, 0.2) is 65.2 Å². The summed E-state index contributed by atoms with van der Waals surface area (Å²) in [5, 5.41) is 5.33. The highest BCUT2D eigenvalue weighted by Gasteiger charge is 2.24. The van der Waals surface area contributed by atoms with E-state index in [9.17, 15) is 9.59 Å². The van der Waals surface area contributed by atoms with E-state index in [1.165, 1.54) is 12.0 Å². The molecule has 3 aromatic carbocycles. The molecule has 0 aliphatic carbocycles. The Morgan fingerprint density at radius 2 is 1.67 bits per heavy atom. The highest BCUT2D eigenvalue weighted by Crippen LogP contribution is 2.39. The summed E-state index contributed by atoms with van der Waals surface area (Å²) in [6.45, 7) is 4.07. The minimum absolute atomic E-state index is 0.0305. The Kier molecular flexibility index (Phi) is 8.85. The number of benzene rings is 3. The van der Waals surface area contributed by atoms with Crippen molar-refractivity contribution in [2.45, 2.75) is 26.4 Å². The van der Waals surface area contributed by atoms with Crippen LogP contribution in [0.2, 0.25) is 15.1 Å². The standard InChI is InChI=1S/C29H25Cl3N2O5/c1-16(2)27-21(26(33-39-27)25-22(30)9-6-10-23(25)31)15-38-19-11-12-20(24(32)14-19)28(35)34(3)18-8-5-7-17(13-18)29(36)37-4/h5-14,16H,15H2,1-4H3. The monoisotopic (exact) mass is 586 g/mol. The van der Waals surface area contributed by atoms with Crippen LogP contribution in [0.4, 0.5) is 5.69 Å². The second-order valence-corrected chi connectivity index (χ2v) is 10.2. The van der Waals surface area contributed by atoms with Gasteiger partial charge in [-0.1, -0.05) is 65.9 Å². The Balaban J connectivity index is 1.56. The lowest BCUT2D eigenvalue weighted by atomic mass is 10.0. The van der Waals surface area contributed by atoms with Gasteiger partial charge in [-0.2, -0.15) is 0 Å². The fourth-order valence-electron chi connectivity index (χ4n) is 4.01. The highest BCUT2D eigenvalue weighted by molar-refractivity contribution is 6.39. The maximum Gasteiger partial charge on any atom is 0.337 e. The van der Waals surface area contributed by atoms with Gasteiger partial charge >= 0.3 is 5.97 Å². The van der Waals surface area contributed by atoms with Crippen molar-refractivity contribution in [3.63, 3.8) is 0 Å². The second kappa shape index (κ2) is 12.1. The van der Waals surface area contributed by atoms with Crippen LogP contribution in [-0.4, -0.2) is 31.2 Å². The van der Waals surface area contributed by atoms with Crippen LogP contribution >= 0.6 is 34.8 Å². The third-order valence-corrected chi connectivity index (χ3v) is 7.00. The summed E-state index contributed by atoms with van der Waals surface area (Å²) in [7, 11) is 2.90. The predicted octanol–water partition coefficient (Wildman–Crippen LogP) is 8.07. The molecule has 0 radical (unpaired) electrons.